The molecule has 10 heteroatoms. The van der Waals surface area contributed by atoms with Gasteiger partial charge in [-0.3, -0.25) is 9.59 Å². The van der Waals surface area contributed by atoms with Crippen LogP contribution in [-0.4, -0.2) is 37.6 Å². The fraction of sp³-hybridized carbons (Fsp3) is 0.172. The van der Waals surface area contributed by atoms with E-state index in [0.29, 0.717) is 27.8 Å². The molecule has 0 spiro atoms. The van der Waals surface area contributed by atoms with Crippen molar-refractivity contribution in [1.29, 1.82) is 5.26 Å². The average molecular weight is 544 g/mol. The first-order valence-corrected chi connectivity index (χ1v) is 12.8. The lowest BCUT2D eigenvalue weighted by atomic mass is 9.85. The van der Waals surface area contributed by atoms with E-state index in [0.717, 1.165) is 0 Å². The van der Waals surface area contributed by atoms with Crippen molar-refractivity contribution in [3.8, 4) is 11.8 Å². The molecule has 3 aromatic rings. The minimum atomic E-state index is -0.838. The van der Waals surface area contributed by atoms with Gasteiger partial charge in [-0.25, -0.2) is 4.79 Å². The first-order valence-electron chi connectivity index (χ1n) is 11.8. The minimum Gasteiger partial charge on any atom is -0.497 e. The minimum absolute atomic E-state index is 0.0615. The van der Waals surface area contributed by atoms with Crippen molar-refractivity contribution < 1.29 is 28.3 Å². The summed E-state index contributed by atoms with van der Waals surface area (Å²) in [6.07, 6.45) is 1.46. The largest absolute Gasteiger partial charge is 0.497 e. The fourth-order valence-corrected chi connectivity index (χ4v) is 5.12. The molecule has 1 aliphatic heterocycles. The monoisotopic (exact) mass is 543 g/mol. The summed E-state index contributed by atoms with van der Waals surface area (Å²) >= 11 is 1.17. The number of allylic oxidation sites excluding steroid dienone is 2. The molecular weight excluding hydrogens is 518 g/mol. The third kappa shape index (κ3) is 5.89. The van der Waals surface area contributed by atoms with Crippen molar-refractivity contribution in [2.45, 2.75) is 12.8 Å². The van der Waals surface area contributed by atoms with E-state index in [-0.39, 0.29) is 33.9 Å². The molecule has 0 saturated carbocycles. The number of nitriles is 1. The Labute approximate surface area is 229 Å². The van der Waals surface area contributed by atoms with Gasteiger partial charge in [-0.2, -0.15) is 5.26 Å². The second-order valence-electron chi connectivity index (χ2n) is 8.40. The number of nitrogens with zero attached hydrogens (tertiary/aromatic N) is 1. The molecule has 0 unspecified atom stereocenters. The Morgan fingerprint density at radius 1 is 1.08 bits per heavy atom. The van der Waals surface area contributed by atoms with Gasteiger partial charge in [0.2, 0.25) is 0 Å². The number of furan rings is 1. The standard InChI is InChI=1S/C29H25N3O6S/c1-17-25(27(34)32-22-8-5-4-7-20(22)29(35)37-3)26(24-9-6-14-38-24)21(15-30)28(31-17)39-16-23(33)18-10-12-19(36-2)13-11-18/h4-14,26,31H,16H2,1-3H3,(H,32,34)/t26-/m1/s1. The second kappa shape index (κ2) is 12.2. The highest BCUT2D eigenvalue weighted by atomic mass is 32.2. The lowest BCUT2D eigenvalue weighted by Gasteiger charge is -2.28. The number of methoxy groups -OCH3 is 2. The predicted octanol–water partition coefficient (Wildman–Crippen LogP) is 5.03. The van der Waals surface area contributed by atoms with Crippen molar-refractivity contribution in [3.63, 3.8) is 0 Å². The number of para-hydroxylation sites is 1. The predicted molar refractivity (Wildman–Crippen MR) is 146 cm³/mol. The molecule has 1 aliphatic rings. The molecule has 0 bridgehead atoms. The SMILES string of the molecule is COC(=O)c1ccccc1NC(=O)C1=C(C)NC(SCC(=O)c2ccc(OC)cc2)=C(C#N)[C@@H]1c1ccco1. The summed E-state index contributed by atoms with van der Waals surface area (Å²) in [5, 5.41) is 16.5. The number of amides is 1. The van der Waals surface area contributed by atoms with Crippen molar-refractivity contribution >= 4 is 35.1 Å². The maximum absolute atomic E-state index is 13.6. The number of thioether (sulfide) groups is 1. The maximum Gasteiger partial charge on any atom is 0.339 e. The van der Waals surface area contributed by atoms with Crippen LogP contribution in [0.25, 0.3) is 0 Å². The van der Waals surface area contributed by atoms with Crippen LogP contribution >= 0.6 is 11.8 Å². The number of carbonyl (C=O) groups is 3. The summed E-state index contributed by atoms with van der Waals surface area (Å²) in [6, 6.07) is 18.8. The van der Waals surface area contributed by atoms with E-state index >= 15 is 0 Å². The van der Waals surface area contributed by atoms with Gasteiger partial charge < -0.3 is 24.5 Å². The third-order valence-corrected chi connectivity index (χ3v) is 7.08. The van der Waals surface area contributed by atoms with Gasteiger partial charge >= 0.3 is 5.97 Å². The Kier molecular flexibility index (Phi) is 8.53. The highest BCUT2D eigenvalue weighted by molar-refractivity contribution is 8.03. The van der Waals surface area contributed by atoms with Crippen molar-refractivity contribution in [3.05, 3.63) is 106 Å². The summed E-state index contributed by atoms with van der Waals surface area (Å²) < 4.78 is 15.6. The lowest BCUT2D eigenvalue weighted by molar-refractivity contribution is -0.113. The molecule has 0 saturated heterocycles. The number of esters is 1. The first-order chi connectivity index (χ1) is 18.9. The molecule has 2 aromatic carbocycles. The van der Waals surface area contributed by atoms with Crippen molar-refractivity contribution in [2.75, 3.05) is 25.3 Å². The van der Waals surface area contributed by atoms with Gasteiger partial charge in [0.05, 0.1) is 65.6 Å². The van der Waals surface area contributed by atoms with E-state index < -0.39 is 17.8 Å². The zero-order chi connectivity index (χ0) is 27.9. The van der Waals surface area contributed by atoms with Gasteiger partial charge in [0.1, 0.15) is 11.5 Å². The number of hydrogen-bond acceptors (Lipinski definition) is 9. The number of rotatable bonds is 9. The van der Waals surface area contributed by atoms with Gasteiger partial charge in [-0.15, -0.1) is 0 Å². The van der Waals surface area contributed by atoms with E-state index in [9.17, 15) is 19.6 Å². The molecule has 9 nitrogen and oxygen atoms in total. The van der Waals surface area contributed by atoms with Crippen molar-refractivity contribution in [1.82, 2.24) is 5.32 Å². The van der Waals surface area contributed by atoms with Crippen LogP contribution in [0.5, 0.6) is 5.75 Å². The number of Topliss-reactive ketones (excluding diaryl/α,β-unsaturated/α-hetero) is 1. The van der Waals surface area contributed by atoms with Crippen LogP contribution in [0.1, 0.15) is 39.3 Å². The first kappa shape index (κ1) is 27.3. The molecule has 0 aliphatic carbocycles. The molecular formula is C29H25N3O6S. The fourth-order valence-electron chi connectivity index (χ4n) is 4.14. The molecule has 0 fully saturated rings. The van der Waals surface area contributed by atoms with Crippen LogP contribution in [0.2, 0.25) is 0 Å². The Morgan fingerprint density at radius 2 is 1.82 bits per heavy atom. The highest BCUT2D eigenvalue weighted by Gasteiger charge is 2.37. The van der Waals surface area contributed by atoms with E-state index in [4.69, 9.17) is 13.9 Å². The number of benzene rings is 2. The van der Waals surface area contributed by atoms with Crippen LogP contribution in [0.3, 0.4) is 0 Å². The van der Waals surface area contributed by atoms with Crippen molar-refractivity contribution in [2.24, 2.45) is 0 Å². The van der Waals surface area contributed by atoms with E-state index in [1.807, 2.05) is 0 Å². The molecule has 0 radical (unpaired) electrons. The van der Waals surface area contributed by atoms with Crippen LogP contribution in [0.4, 0.5) is 5.69 Å². The Hall–Kier alpha value is -4.75. The van der Waals surface area contributed by atoms with Crippen LogP contribution < -0.4 is 15.4 Å². The maximum atomic E-state index is 13.6. The number of nitrogens with one attached hydrogen (secondary N) is 2. The number of ketones is 1. The van der Waals surface area contributed by atoms with Crippen LogP contribution in [0.15, 0.2) is 93.2 Å². The van der Waals surface area contributed by atoms with Crippen LogP contribution in [-0.2, 0) is 9.53 Å². The molecule has 1 atom stereocenters. The number of hydrogen-bond donors (Lipinski definition) is 2. The summed E-state index contributed by atoms with van der Waals surface area (Å²) in [6.45, 7) is 1.71. The summed E-state index contributed by atoms with van der Waals surface area (Å²) in [5.41, 5.74) is 1.91. The second-order valence-corrected chi connectivity index (χ2v) is 9.38. The molecule has 39 heavy (non-hydrogen) atoms. The van der Waals surface area contributed by atoms with E-state index in [2.05, 4.69) is 16.7 Å². The molecule has 2 heterocycles. The molecule has 2 N–H and O–H groups in total. The van der Waals surface area contributed by atoms with Gasteiger partial charge in [-0.05, 0) is 55.5 Å². The lowest BCUT2D eigenvalue weighted by Crippen LogP contribution is -2.31. The quantitative estimate of drug-likeness (QED) is 0.282. The molecule has 4 rings (SSSR count). The summed E-state index contributed by atoms with van der Waals surface area (Å²) in [5.74, 6) is -0.999. The van der Waals surface area contributed by atoms with Gasteiger partial charge in [0.25, 0.3) is 5.91 Å². The Balaban J connectivity index is 1.63. The zero-order valence-corrected chi connectivity index (χ0v) is 22.3. The number of carbonyl (C=O) groups excluding carboxylic acids is 3. The van der Waals surface area contributed by atoms with Gasteiger partial charge in [0.15, 0.2) is 5.78 Å². The molecule has 1 amide bonds. The van der Waals surface area contributed by atoms with E-state index in [1.165, 1.54) is 25.1 Å². The van der Waals surface area contributed by atoms with Gasteiger partial charge in [-0.1, -0.05) is 23.9 Å². The molecule has 198 valence electrons. The zero-order valence-electron chi connectivity index (χ0n) is 21.4. The summed E-state index contributed by atoms with van der Waals surface area (Å²) in [4.78, 5) is 38.7. The van der Waals surface area contributed by atoms with E-state index in [1.54, 1.807) is 74.7 Å². The average Bonchev–Trinajstić information content (AvgIpc) is 3.50. The topological polar surface area (TPSA) is 131 Å². The summed E-state index contributed by atoms with van der Waals surface area (Å²) in [7, 11) is 2.81. The normalized spacial score (nSPS) is 14.8. The number of anilines is 1. The van der Waals surface area contributed by atoms with Gasteiger partial charge in [0, 0.05) is 11.3 Å². The van der Waals surface area contributed by atoms with Crippen LogP contribution in [0, 0.1) is 11.3 Å². The Bertz CT molecular complexity index is 1500. The smallest absolute Gasteiger partial charge is 0.339 e. The highest BCUT2D eigenvalue weighted by Crippen LogP contribution is 2.41. The number of ether oxygens (including phenoxy) is 2. The molecule has 1 aromatic heterocycles. The third-order valence-electron chi connectivity index (χ3n) is 6.06. The number of dihydropyridines is 1. The Morgan fingerprint density at radius 3 is 2.46 bits per heavy atom.